The van der Waals surface area contributed by atoms with E-state index in [0.717, 1.165) is 24.9 Å². The van der Waals surface area contributed by atoms with E-state index < -0.39 is 0 Å². The van der Waals surface area contributed by atoms with Gasteiger partial charge in [-0.2, -0.15) is 0 Å². The van der Waals surface area contributed by atoms with Crippen LogP contribution in [0.3, 0.4) is 0 Å². The molecule has 0 amide bonds. The molecular formula is C11H18N2O. The molecule has 1 saturated heterocycles. The summed E-state index contributed by atoms with van der Waals surface area (Å²) in [5, 5.41) is 6.87. The van der Waals surface area contributed by atoms with Crippen LogP contribution in [0.15, 0.2) is 22.8 Å². The normalized spacial score (nSPS) is 21.6. The van der Waals surface area contributed by atoms with Crippen LogP contribution in [0.1, 0.15) is 25.0 Å². The van der Waals surface area contributed by atoms with Crippen molar-refractivity contribution in [3.05, 3.63) is 24.2 Å². The van der Waals surface area contributed by atoms with E-state index in [1.54, 1.807) is 6.26 Å². The van der Waals surface area contributed by atoms with Gasteiger partial charge in [-0.25, -0.2) is 0 Å². The van der Waals surface area contributed by atoms with Crippen molar-refractivity contribution in [1.29, 1.82) is 0 Å². The zero-order valence-corrected chi connectivity index (χ0v) is 8.46. The van der Waals surface area contributed by atoms with Gasteiger partial charge in [-0.3, -0.25) is 0 Å². The Morgan fingerprint density at radius 1 is 1.57 bits per heavy atom. The molecule has 3 heteroatoms. The molecule has 2 heterocycles. The smallest absolute Gasteiger partial charge is 0.117 e. The highest BCUT2D eigenvalue weighted by atomic mass is 16.3. The first-order valence-electron chi connectivity index (χ1n) is 5.41. The predicted octanol–water partition coefficient (Wildman–Crippen LogP) is 1.51. The lowest BCUT2D eigenvalue weighted by Gasteiger charge is -2.09. The first-order valence-corrected chi connectivity index (χ1v) is 5.41. The zero-order valence-electron chi connectivity index (χ0n) is 8.46. The lowest BCUT2D eigenvalue weighted by molar-refractivity contribution is 0.465. The van der Waals surface area contributed by atoms with Crippen LogP contribution in [-0.2, 0) is 6.54 Å². The van der Waals surface area contributed by atoms with Gasteiger partial charge in [0.15, 0.2) is 0 Å². The predicted molar refractivity (Wildman–Crippen MR) is 56.1 cm³/mol. The monoisotopic (exact) mass is 194 g/mol. The van der Waals surface area contributed by atoms with Crippen LogP contribution < -0.4 is 10.6 Å². The van der Waals surface area contributed by atoms with Crippen molar-refractivity contribution < 1.29 is 4.42 Å². The third-order valence-corrected chi connectivity index (χ3v) is 2.71. The summed E-state index contributed by atoms with van der Waals surface area (Å²) in [6, 6.07) is 4.66. The number of furan rings is 1. The summed E-state index contributed by atoms with van der Waals surface area (Å²) in [5.74, 6) is 1.02. The molecule has 2 rings (SSSR count). The highest BCUT2D eigenvalue weighted by molar-refractivity contribution is 4.97. The van der Waals surface area contributed by atoms with E-state index in [9.17, 15) is 0 Å². The van der Waals surface area contributed by atoms with E-state index in [2.05, 4.69) is 10.6 Å². The molecule has 1 aliphatic rings. The Morgan fingerprint density at radius 2 is 2.57 bits per heavy atom. The van der Waals surface area contributed by atoms with Crippen LogP contribution in [0.25, 0.3) is 0 Å². The second kappa shape index (κ2) is 5.17. The first-order chi connectivity index (χ1) is 6.95. The lowest BCUT2D eigenvalue weighted by Crippen LogP contribution is -2.26. The first kappa shape index (κ1) is 9.74. The molecule has 1 aromatic rings. The Bertz CT molecular complexity index is 240. The van der Waals surface area contributed by atoms with Crippen LogP contribution in [0.5, 0.6) is 0 Å². The maximum Gasteiger partial charge on any atom is 0.117 e. The van der Waals surface area contributed by atoms with Crippen LogP contribution in [0, 0.1) is 0 Å². The van der Waals surface area contributed by atoms with Crippen molar-refractivity contribution in [3.8, 4) is 0 Å². The van der Waals surface area contributed by atoms with Gasteiger partial charge in [-0.1, -0.05) is 0 Å². The molecular weight excluding hydrogens is 176 g/mol. The summed E-state index contributed by atoms with van der Waals surface area (Å²) in [6.45, 7) is 3.11. The number of nitrogens with one attached hydrogen (secondary N) is 2. The SMILES string of the molecule is c1coc(CNCCC2CCCN2)c1. The average molecular weight is 194 g/mol. The van der Waals surface area contributed by atoms with Gasteiger partial charge < -0.3 is 15.1 Å². The van der Waals surface area contributed by atoms with Crippen molar-refractivity contribution >= 4 is 0 Å². The van der Waals surface area contributed by atoms with Crippen LogP contribution in [0.4, 0.5) is 0 Å². The highest BCUT2D eigenvalue weighted by Crippen LogP contribution is 2.07. The molecule has 14 heavy (non-hydrogen) atoms. The van der Waals surface area contributed by atoms with E-state index in [4.69, 9.17) is 4.42 Å². The molecule has 1 atom stereocenters. The molecule has 0 aliphatic carbocycles. The molecule has 0 radical (unpaired) electrons. The summed E-state index contributed by atoms with van der Waals surface area (Å²) < 4.78 is 5.23. The fraction of sp³-hybridized carbons (Fsp3) is 0.636. The molecule has 1 aliphatic heterocycles. The van der Waals surface area contributed by atoms with E-state index in [-0.39, 0.29) is 0 Å². The molecule has 3 nitrogen and oxygen atoms in total. The summed E-state index contributed by atoms with van der Waals surface area (Å²) >= 11 is 0. The van der Waals surface area contributed by atoms with Gasteiger partial charge in [0.2, 0.25) is 0 Å². The molecule has 78 valence electrons. The molecule has 0 bridgehead atoms. The summed E-state index contributed by atoms with van der Waals surface area (Å²) in [6.07, 6.45) is 5.61. The Morgan fingerprint density at radius 3 is 3.29 bits per heavy atom. The van der Waals surface area contributed by atoms with Crippen LogP contribution in [-0.4, -0.2) is 19.1 Å². The third-order valence-electron chi connectivity index (χ3n) is 2.71. The molecule has 1 aromatic heterocycles. The van der Waals surface area contributed by atoms with Crippen molar-refractivity contribution in [2.75, 3.05) is 13.1 Å². The number of hydrogen-bond donors (Lipinski definition) is 2. The standard InChI is InChI=1S/C11H18N2O/c1-3-10(13-6-1)5-7-12-9-11-4-2-8-14-11/h2,4,8,10,12-13H,1,3,5-7,9H2. The summed E-state index contributed by atoms with van der Waals surface area (Å²) in [7, 11) is 0. The number of hydrogen-bond acceptors (Lipinski definition) is 3. The Kier molecular flexibility index (Phi) is 3.60. The third kappa shape index (κ3) is 2.86. The Hall–Kier alpha value is -0.800. The summed E-state index contributed by atoms with van der Waals surface area (Å²) in [4.78, 5) is 0. The van der Waals surface area contributed by atoms with Crippen molar-refractivity contribution in [2.45, 2.75) is 31.8 Å². The highest BCUT2D eigenvalue weighted by Gasteiger charge is 2.12. The minimum atomic E-state index is 0.735. The van der Waals surface area contributed by atoms with E-state index in [1.807, 2.05) is 12.1 Å². The Labute approximate surface area is 84.9 Å². The van der Waals surface area contributed by atoms with Gasteiger partial charge in [0.1, 0.15) is 5.76 Å². The quantitative estimate of drug-likeness (QED) is 0.698. The average Bonchev–Trinajstić information content (AvgIpc) is 2.86. The topological polar surface area (TPSA) is 37.2 Å². The number of rotatable bonds is 5. The lowest BCUT2D eigenvalue weighted by atomic mass is 10.1. The summed E-state index contributed by atoms with van der Waals surface area (Å²) in [5.41, 5.74) is 0. The van der Waals surface area contributed by atoms with Crippen molar-refractivity contribution in [2.24, 2.45) is 0 Å². The molecule has 0 saturated carbocycles. The van der Waals surface area contributed by atoms with E-state index >= 15 is 0 Å². The van der Waals surface area contributed by atoms with E-state index in [0.29, 0.717) is 0 Å². The molecule has 1 fully saturated rings. The van der Waals surface area contributed by atoms with Crippen molar-refractivity contribution in [1.82, 2.24) is 10.6 Å². The van der Waals surface area contributed by atoms with E-state index in [1.165, 1.54) is 25.8 Å². The van der Waals surface area contributed by atoms with Crippen LogP contribution >= 0.6 is 0 Å². The van der Waals surface area contributed by atoms with Crippen LogP contribution in [0.2, 0.25) is 0 Å². The largest absolute Gasteiger partial charge is 0.468 e. The second-order valence-corrected chi connectivity index (χ2v) is 3.84. The molecule has 2 N–H and O–H groups in total. The van der Waals surface area contributed by atoms with Gasteiger partial charge in [-0.15, -0.1) is 0 Å². The second-order valence-electron chi connectivity index (χ2n) is 3.84. The zero-order chi connectivity index (χ0) is 9.64. The molecule has 0 spiro atoms. The Balaban J connectivity index is 1.55. The van der Waals surface area contributed by atoms with Gasteiger partial charge in [0, 0.05) is 6.04 Å². The fourth-order valence-electron chi connectivity index (χ4n) is 1.90. The molecule has 1 unspecified atom stereocenters. The van der Waals surface area contributed by atoms with Gasteiger partial charge in [0.05, 0.1) is 12.8 Å². The maximum atomic E-state index is 5.23. The van der Waals surface area contributed by atoms with Crippen molar-refractivity contribution in [3.63, 3.8) is 0 Å². The fourth-order valence-corrected chi connectivity index (χ4v) is 1.90. The van der Waals surface area contributed by atoms with Gasteiger partial charge in [-0.05, 0) is 44.5 Å². The van der Waals surface area contributed by atoms with Gasteiger partial charge in [0.25, 0.3) is 0 Å². The minimum absolute atomic E-state index is 0.735. The maximum absolute atomic E-state index is 5.23. The molecule has 0 aromatic carbocycles. The minimum Gasteiger partial charge on any atom is -0.468 e. The van der Waals surface area contributed by atoms with Gasteiger partial charge >= 0.3 is 0 Å².